The van der Waals surface area contributed by atoms with E-state index in [4.69, 9.17) is 5.11 Å². The van der Waals surface area contributed by atoms with E-state index in [1.54, 1.807) is 0 Å². The van der Waals surface area contributed by atoms with E-state index in [0.29, 0.717) is 0 Å². The van der Waals surface area contributed by atoms with Crippen LogP contribution in [0.3, 0.4) is 0 Å². The molecule has 0 fully saturated rings. The molecule has 1 aromatic heterocycles. The van der Waals surface area contributed by atoms with Gasteiger partial charge < -0.3 is 10.4 Å². The largest absolute Gasteiger partial charge is 0.478 e. The molecule has 2 aromatic rings. The van der Waals surface area contributed by atoms with Crippen molar-refractivity contribution in [2.75, 3.05) is 5.32 Å². The third-order valence-corrected chi connectivity index (χ3v) is 2.59. The van der Waals surface area contributed by atoms with Gasteiger partial charge in [-0.2, -0.15) is 0 Å². The smallest absolute Gasteiger partial charge is 0.335 e. The number of nitro benzene ring substituents is 1. The van der Waals surface area contributed by atoms with Gasteiger partial charge in [-0.3, -0.25) is 14.9 Å². The Bertz CT molecular complexity index is 712. The van der Waals surface area contributed by atoms with E-state index in [1.165, 1.54) is 42.6 Å². The molecule has 2 N–H and O–H groups in total. The van der Waals surface area contributed by atoms with Crippen LogP contribution in [0.25, 0.3) is 0 Å². The highest BCUT2D eigenvalue weighted by Gasteiger charge is 2.11. The number of anilines is 1. The van der Waals surface area contributed by atoms with Crippen molar-refractivity contribution in [3.63, 3.8) is 0 Å². The van der Waals surface area contributed by atoms with Gasteiger partial charge in [0.25, 0.3) is 11.6 Å². The van der Waals surface area contributed by atoms with Crippen molar-refractivity contribution in [2.45, 2.75) is 0 Å². The normalized spacial score (nSPS) is 9.90. The molecule has 0 radical (unpaired) electrons. The first-order chi connectivity index (χ1) is 9.97. The predicted octanol–water partition coefficient (Wildman–Crippen LogP) is 1.94. The molecule has 0 saturated heterocycles. The standard InChI is InChI=1S/C13H9N3O5/c17-12(8-1-3-10(4-2-8)16(20)21)15-11-7-9(13(18)19)5-6-14-11/h1-7H,(H,18,19)(H,14,15,17). The van der Waals surface area contributed by atoms with Gasteiger partial charge in [-0.25, -0.2) is 9.78 Å². The molecule has 21 heavy (non-hydrogen) atoms. The van der Waals surface area contributed by atoms with Crippen LogP contribution in [-0.2, 0) is 0 Å². The Morgan fingerprint density at radius 2 is 1.81 bits per heavy atom. The molecule has 0 bridgehead atoms. The maximum absolute atomic E-state index is 11.9. The van der Waals surface area contributed by atoms with Gasteiger partial charge in [0.05, 0.1) is 10.5 Å². The molecular formula is C13H9N3O5. The number of hydrogen-bond acceptors (Lipinski definition) is 5. The minimum absolute atomic E-state index is 0.0102. The number of benzene rings is 1. The highest BCUT2D eigenvalue weighted by molar-refractivity contribution is 6.04. The summed E-state index contributed by atoms with van der Waals surface area (Å²) in [6.45, 7) is 0. The van der Waals surface area contributed by atoms with Crippen molar-refractivity contribution in [1.29, 1.82) is 0 Å². The van der Waals surface area contributed by atoms with Crippen LogP contribution >= 0.6 is 0 Å². The average molecular weight is 287 g/mol. The molecule has 0 saturated carbocycles. The number of amides is 1. The molecule has 8 nitrogen and oxygen atoms in total. The fraction of sp³-hybridized carbons (Fsp3) is 0. The monoisotopic (exact) mass is 287 g/mol. The van der Waals surface area contributed by atoms with Gasteiger partial charge in [-0.05, 0) is 24.3 Å². The lowest BCUT2D eigenvalue weighted by Gasteiger charge is -2.05. The predicted molar refractivity (Wildman–Crippen MR) is 72.2 cm³/mol. The van der Waals surface area contributed by atoms with Crippen LogP contribution in [0.1, 0.15) is 20.7 Å². The number of pyridine rings is 1. The Morgan fingerprint density at radius 3 is 2.38 bits per heavy atom. The molecular weight excluding hydrogens is 278 g/mol. The van der Waals surface area contributed by atoms with E-state index in [1.807, 2.05) is 0 Å². The lowest BCUT2D eigenvalue weighted by molar-refractivity contribution is -0.384. The molecule has 0 atom stereocenters. The van der Waals surface area contributed by atoms with E-state index >= 15 is 0 Å². The minimum Gasteiger partial charge on any atom is -0.478 e. The number of rotatable bonds is 4. The Morgan fingerprint density at radius 1 is 1.14 bits per heavy atom. The molecule has 0 aliphatic rings. The van der Waals surface area contributed by atoms with E-state index in [0.717, 1.165) is 0 Å². The summed E-state index contributed by atoms with van der Waals surface area (Å²) >= 11 is 0. The summed E-state index contributed by atoms with van der Waals surface area (Å²) in [4.78, 5) is 36.5. The number of non-ortho nitro benzene ring substituents is 1. The Hall–Kier alpha value is -3.29. The number of nitro groups is 1. The first kappa shape index (κ1) is 14.1. The summed E-state index contributed by atoms with van der Waals surface area (Å²) in [5.41, 5.74) is 0.0599. The Kier molecular flexibility index (Phi) is 3.89. The number of hydrogen-bond donors (Lipinski definition) is 2. The molecule has 8 heteroatoms. The second-order valence-electron chi connectivity index (χ2n) is 3.99. The third-order valence-electron chi connectivity index (χ3n) is 2.59. The van der Waals surface area contributed by atoms with Crippen molar-refractivity contribution in [3.8, 4) is 0 Å². The minimum atomic E-state index is -1.14. The summed E-state index contributed by atoms with van der Waals surface area (Å²) in [5, 5.41) is 21.8. The van der Waals surface area contributed by atoms with Crippen LogP contribution in [0.5, 0.6) is 0 Å². The molecule has 2 rings (SSSR count). The second-order valence-corrected chi connectivity index (χ2v) is 3.99. The van der Waals surface area contributed by atoms with Crippen LogP contribution in [0.4, 0.5) is 11.5 Å². The first-order valence-electron chi connectivity index (χ1n) is 5.72. The molecule has 0 aliphatic carbocycles. The van der Waals surface area contributed by atoms with Crippen molar-refractivity contribution >= 4 is 23.4 Å². The lowest BCUT2D eigenvalue weighted by atomic mass is 10.2. The second kappa shape index (κ2) is 5.78. The molecule has 1 amide bonds. The molecule has 0 aliphatic heterocycles. The van der Waals surface area contributed by atoms with Gasteiger partial charge in [0.2, 0.25) is 0 Å². The molecule has 0 spiro atoms. The van der Waals surface area contributed by atoms with Crippen LogP contribution in [-0.4, -0.2) is 26.9 Å². The summed E-state index contributed by atoms with van der Waals surface area (Å²) in [7, 11) is 0. The number of aromatic carboxylic acids is 1. The number of nitrogens with zero attached hydrogens (tertiary/aromatic N) is 2. The fourth-order valence-electron chi connectivity index (χ4n) is 1.55. The quantitative estimate of drug-likeness (QED) is 0.654. The topological polar surface area (TPSA) is 122 Å². The highest BCUT2D eigenvalue weighted by Crippen LogP contribution is 2.14. The molecule has 1 aromatic carbocycles. The number of carboxylic acid groups (broad SMARTS) is 1. The number of carboxylic acids is 1. The number of carbonyl (C=O) groups excluding carboxylic acids is 1. The van der Waals surface area contributed by atoms with Crippen molar-refractivity contribution < 1.29 is 19.6 Å². The van der Waals surface area contributed by atoms with Crippen LogP contribution < -0.4 is 5.32 Å². The Balaban J connectivity index is 2.16. The van der Waals surface area contributed by atoms with Crippen molar-refractivity contribution in [3.05, 3.63) is 63.8 Å². The van der Waals surface area contributed by atoms with Gasteiger partial charge in [-0.15, -0.1) is 0 Å². The number of nitrogens with one attached hydrogen (secondary N) is 1. The number of aromatic nitrogens is 1. The summed E-state index contributed by atoms with van der Waals surface area (Å²) < 4.78 is 0. The molecule has 106 valence electrons. The van der Waals surface area contributed by atoms with Gasteiger partial charge in [0.15, 0.2) is 0 Å². The van der Waals surface area contributed by atoms with Crippen LogP contribution in [0.15, 0.2) is 42.6 Å². The van der Waals surface area contributed by atoms with E-state index < -0.39 is 16.8 Å². The zero-order chi connectivity index (χ0) is 15.4. The highest BCUT2D eigenvalue weighted by atomic mass is 16.6. The zero-order valence-corrected chi connectivity index (χ0v) is 10.5. The van der Waals surface area contributed by atoms with Crippen molar-refractivity contribution in [2.24, 2.45) is 0 Å². The maximum Gasteiger partial charge on any atom is 0.335 e. The van der Waals surface area contributed by atoms with Gasteiger partial charge in [-0.1, -0.05) is 0 Å². The van der Waals surface area contributed by atoms with E-state index in [2.05, 4.69) is 10.3 Å². The maximum atomic E-state index is 11.9. The number of carbonyl (C=O) groups is 2. The van der Waals surface area contributed by atoms with Gasteiger partial charge >= 0.3 is 5.97 Å². The third kappa shape index (κ3) is 3.38. The summed E-state index contributed by atoms with van der Waals surface area (Å²) in [6.07, 6.45) is 1.26. The van der Waals surface area contributed by atoms with Gasteiger partial charge in [0, 0.05) is 23.9 Å². The Labute approximate surface area is 118 Å². The van der Waals surface area contributed by atoms with E-state index in [9.17, 15) is 19.7 Å². The summed E-state index contributed by atoms with van der Waals surface area (Å²) in [6, 6.07) is 7.52. The molecule has 0 unspecified atom stereocenters. The SMILES string of the molecule is O=C(O)c1ccnc(NC(=O)c2ccc([N+](=O)[O-])cc2)c1. The van der Waals surface area contributed by atoms with Crippen molar-refractivity contribution in [1.82, 2.24) is 4.98 Å². The van der Waals surface area contributed by atoms with Gasteiger partial charge in [0.1, 0.15) is 5.82 Å². The van der Waals surface area contributed by atoms with Crippen LogP contribution in [0, 0.1) is 10.1 Å². The average Bonchev–Trinajstić information content (AvgIpc) is 2.47. The van der Waals surface area contributed by atoms with E-state index in [-0.39, 0.29) is 22.6 Å². The fourth-order valence-corrected chi connectivity index (χ4v) is 1.55. The van der Waals surface area contributed by atoms with Crippen LogP contribution in [0.2, 0.25) is 0 Å². The molecule has 1 heterocycles. The zero-order valence-electron chi connectivity index (χ0n) is 10.5. The first-order valence-corrected chi connectivity index (χ1v) is 5.72. The summed E-state index contributed by atoms with van der Waals surface area (Å²) in [5.74, 6) is -1.60. The lowest BCUT2D eigenvalue weighted by Crippen LogP contribution is -2.13.